The number of carbonyl (C=O) groups excluding carboxylic acids is 1. The first-order valence-electron chi connectivity index (χ1n) is 11.6. The van der Waals surface area contributed by atoms with Crippen LogP contribution in [0.4, 0.5) is 0 Å². The molecule has 0 aliphatic heterocycles. The molecule has 1 amide bonds. The fraction of sp³-hybridized carbons (Fsp3) is 0.100. The summed E-state index contributed by atoms with van der Waals surface area (Å²) < 4.78 is 0. The average Bonchev–Trinajstić information content (AvgIpc) is 3.33. The van der Waals surface area contributed by atoms with Gasteiger partial charge in [-0.2, -0.15) is 5.10 Å². The Kier molecular flexibility index (Phi) is 6.22. The predicted octanol–water partition coefficient (Wildman–Crippen LogP) is 6.27. The molecule has 0 bridgehead atoms. The van der Waals surface area contributed by atoms with Crippen LogP contribution in [0.3, 0.4) is 0 Å². The Bertz CT molecular complexity index is 1370. The van der Waals surface area contributed by atoms with Crippen LogP contribution < -0.4 is 5.32 Å². The van der Waals surface area contributed by atoms with Crippen LogP contribution in [0.1, 0.15) is 38.7 Å². The minimum atomic E-state index is -0.449. The number of benzene rings is 3. The zero-order valence-corrected chi connectivity index (χ0v) is 19.7. The van der Waals surface area contributed by atoms with Gasteiger partial charge in [0.05, 0.1) is 17.4 Å². The smallest absolute Gasteiger partial charge is 0.252 e. The largest absolute Gasteiger partial charge is 0.341 e. The molecule has 0 fully saturated rings. The normalized spacial score (nSPS) is 11.7. The number of aromatic nitrogens is 3. The molecule has 3 aromatic carbocycles. The van der Waals surface area contributed by atoms with E-state index in [0.29, 0.717) is 5.56 Å². The zero-order valence-electron chi connectivity index (χ0n) is 19.7. The van der Waals surface area contributed by atoms with Crippen molar-refractivity contribution in [2.24, 2.45) is 0 Å². The number of nitrogens with one attached hydrogen (secondary N) is 2. The quantitative estimate of drug-likeness (QED) is 0.315. The van der Waals surface area contributed by atoms with Crippen LogP contribution in [0, 0.1) is 13.8 Å². The third-order valence-electron chi connectivity index (χ3n) is 6.00. The van der Waals surface area contributed by atoms with Crippen LogP contribution >= 0.6 is 0 Å². The molecule has 2 N–H and O–H groups in total. The highest BCUT2D eigenvalue weighted by molar-refractivity contribution is 5.95. The van der Waals surface area contributed by atoms with Gasteiger partial charge in [0.2, 0.25) is 0 Å². The highest BCUT2D eigenvalue weighted by atomic mass is 16.1. The van der Waals surface area contributed by atoms with Crippen LogP contribution in [0.2, 0.25) is 0 Å². The lowest BCUT2D eigenvalue weighted by atomic mass is 9.92. The van der Waals surface area contributed by atoms with E-state index in [4.69, 9.17) is 5.10 Å². The Balaban J connectivity index is 1.69. The third kappa shape index (κ3) is 4.75. The van der Waals surface area contributed by atoms with Gasteiger partial charge in [-0.25, -0.2) is 0 Å². The number of pyridine rings is 1. The molecule has 172 valence electrons. The number of aromatic amines is 1. The van der Waals surface area contributed by atoms with Crippen molar-refractivity contribution < 1.29 is 4.79 Å². The number of carbonyl (C=O) groups is 1. The van der Waals surface area contributed by atoms with Crippen molar-refractivity contribution in [3.05, 3.63) is 131 Å². The fourth-order valence-electron chi connectivity index (χ4n) is 4.47. The van der Waals surface area contributed by atoms with E-state index in [1.165, 1.54) is 0 Å². The van der Waals surface area contributed by atoms with E-state index in [1.54, 1.807) is 12.4 Å². The third-order valence-corrected chi connectivity index (χ3v) is 6.00. The van der Waals surface area contributed by atoms with Crippen molar-refractivity contribution in [1.82, 2.24) is 20.5 Å². The summed E-state index contributed by atoms with van der Waals surface area (Å²) in [5.74, 6) is -0.141. The highest BCUT2D eigenvalue weighted by Gasteiger charge is 2.27. The highest BCUT2D eigenvalue weighted by Crippen LogP contribution is 2.37. The summed E-state index contributed by atoms with van der Waals surface area (Å²) in [5.41, 5.74) is 8.20. The lowest BCUT2D eigenvalue weighted by Crippen LogP contribution is -2.30. The van der Waals surface area contributed by atoms with Crippen LogP contribution in [0.15, 0.2) is 103 Å². The maximum Gasteiger partial charge on any atom is 0.252 e. The van der Waals surface area contributed by atoms with Crippen molar-refractivity contribution in [2.45, 2.75) is 19.9 Å². The van der Waals surface area contributed by atoms with E-state index >= 15 is 0 Å². The minimum absolute atomic E-state index is 0.141. The molecular weight excluding hydrogens is 432 g/mol. The maximum atomic E-state index is 13.6. The Hall–Kier alpha value is -4.51. The second-order valence-electron chi connectivity index (χ2n) is 8.66. The molecule has 5 heteroatoms. The molecule has 5 nitrogen and oxygen atoms in total. The molecule has 5 rings (SSSR count). The summed E-state index contributed by atoms with van der Waals surface area (Å²) in [6, 6.07) is 29.4. The molecule has 5 aromatic rings. The van der Waals surface area contributed by atoms with Gasteiger partial charge in [0, 0.05) is 29.1 Å². The van der Waals surface area contributed by atoms with Gasteiger partial charge in [-0.15, -0.1) is 0 Å². The summed E-state index contributed by atoms with van der Waals surface area (Å²) in [4.78, 5) is 17.8. The van der Waals surface area contributed by atoms with Crippen molar-refractivity contribution in [2.75, 3.05) is 0 Å². The van der Waals surface area contributed by atoms with Crippen molar-refractivity contribution in [3.8, 4) is 22.5 Å². The molecule has 1 atom stereocenters. The molecule has 0 saturated heterocycles. The SMILES string of the molecule is Cc1cc(C)cc(C(=O)NC(c2ccncc2)c2c(-c3ccccc3)n[nH]c2-c2ccccc2)c1. The van der Waals surface area contributed by atoms with Crippen LogP contribution in [0.25, 0.3) is 22.5 Å². The second-order valence-corrected chi connectivity index (χ2v) is 8.66. The van der Waals surface area contributed by atoms with E-state index in [0.717, 1.165) is 44.8 Å². The van der Waals surface area contributed by atoms with Gasteiger partial charge in [0.15, 0.2) is 0 Å². The molecule has 2 heterocycles. The zero-order chi connectivity index (χ0) is 24.2. The number of hydrogen-bond donors (Lipinski definition) is 2. The number of nitrogens with zero attached hydrogens (tertiary/aromatic N) is 2. The summed E-state index contributed by atoms with van der Waals surface area (Å²) in [6.07, 6.45) is 3.49. The molecule has 0 saturated carbocycles. The lowest BCUT2D eigenvalue weighted by Gasteiger charge is -2.22. The monoisotopic (exact) mass is 458 g/mol. The Morgan fingerprint density at radius 3 is 2.03 bits per heavy atom. The van der Waals surface area contributed by atoms with Gasteiger partial charge in [0.1, 0.15) is 0 Å². The number of rotatable bonds is 6. The Morgan fingerprint density at radius 2 is 1.40 bits per heavy atom. The van der Waals surface area contributed by atoms with E-state index in [-0.39, 0.29) is 5.91 Å². The van der Waals surface area contributed by atoms with Gasteiger partial charge < -0.3 is 5.32 Å². The van der Waals surface area contributed by atoms with Crippen molar-refractivity contribution in [1.29, 1.82) is 0 Å². The summed E-state index contributed by atoms with van der Waals surface area (Å²) in [7, 11) is 0. The molecule has 35 heavy (non-hydrogen) atoms. The number of aryl methyl sites for hydroxylation is 2. The van der Waals surface area contributed by atoms with Crippen molar-refractivity contribution >= 4 is 5.91 Å². The summed E-state index contributed by atoms with van der Waals surface area (Å²) in [5, 5.41) is 11.3. The summed E-state index contributed by atoms with van der Waals surface area (Å²) >= 11 is 0. The number of H-pyrrole nitrogens is 1. The van der Waals surface area contributed by atoms with Crippen LogP contribution in [0.5, 0.6) is 0 Å². The summed E-state index contributed by atoms with van der Waals surface area (Å²) in [6.45, 7) is 4.00. The Labute approximate surface area is 204 Å². The van der Waals surface area contributed by atoms with E-state index in [9.17, 15) is 4.79 Å². The van der Waals surface area contributed by atoms with Gasteiger partial charge in [0.25, 0.3) is 5.91 Å². The maximum absolute atomic E-state index is 13.6. The van der Waals surface area contributed by atoms with Crippen LogP contribution in [-0.2, 0) is 0 Å². The molecule has 1 unspecified atom stereocenters. The van der Waals surface area contributed by atoms with Gasteiger partial charge in [-0.1, -0.05) is 77.9 Å². The number of hydrogen-bond acceptors (Lipinski definition) is 3. The van der Waals surface area contributed by atoms with Gasteiger partial charge in [-0.3, -0.25) is 14.9 Å². The molecule has 0 radical (unpaired) electrons. The minimum Gasteiger partial charge on any atom is -0.341 e. The molecule has 0 aliphatic rings. The van der Waals surface area contributed by atoms with Gasteiger partial charge >= 0.3 is 0 Å². The molecular formula is C30H26N4O. The van der Waals surface area contributed by atoms with Crippen LogP contribution in [-0.4, -0.2) is 21.1 Å². The predicted molar refractivity (Wildman–Crippen MR) is 139 cm³/mol. The van der Waals surface area contributed by atoms with E-state index in [2.05, 4.69) is 21.5 Å². The number of amides is 1. The molecule has 0 aliphatic carbocycles. The average molecular weight is 459 g/mol. The first-order chi connectivity index (χ1) is 17.1. The van der Waals surface area contributed by atoms with Gasteiger partial charge in [-0.05, 0) is 49.2 Å². The van der Waals surface area contributed by atoms with Crippen molar-refractivity contribution in [3.63, 3.8) is 0 Å². The Morgan fingerprint density at radius 1 is 0.800 bits per heavy atom. The second kappa shape index (κ2) is 9.77. The molecule has 2 aromatic heterocycles. The lowest BCUT2D eigenvalue weighted by molar-refractivity contribution is 0.0943. The molecule has 0 spiro atoms. The topological polar surface area (TPSA) is 70.7 Å². The van der Waals surface area contributed by atoms with E-state index in [1.807, 2.05) is 98.8 Å². The fourth-order valence-corrected chi connectivity index (χ4v) is 4.47. The first-order valence-corrected chi connectivity index (χ1v) is 11.6. The van der Waals surface area contributed by atoms with E-state index < -0.39 is 6.04 Å². The standard InChI is InChI=1S/C30H26N4O/c1-20-17-21(2)19-25(18-20)30(35)32-27(24-13-15-31-16-14-24)26-28(22-9-5-3-6-10-22)33-34-29(26)23-11-7-4-8-12-23/h3-19,27H,1-2H3,(H,32,35)(H,33,34). The first kappa shape index (κ1) is 22.3.